The Labute approximate surface area is 206 Å². The van der Waals surface area contributed by atoms with Gasteiger partial charge in [0.1, 0.15) is 5.82 Å². The first kappa shape index (κ1) is 27.2. The molecule has 35 heavy (non-hydrogen) atoms. The van der Waals surface area contributed by atoms with Gasteiger partial charge in [0.15, 0.2) is 5.78 Å². The summed E-state index contributed by atoms with van der Waals surface area (Å²) in [6, 6.07) is 10.9. The first-order valence-electron chi connectivity index (χ1n) is 11.2. The monoisotopic (exact) mass is 526 g/mol. The Balaban J connectivity index is 1.82. The number of carbonyl (C=O) groups is 1. The highest BCUT2D eigenvalue weighted by Gasteiger charge is 2.25. The highest BCUT2D eigenvalue weighted by atomic mass is 32.2. The zero-order chi connectivity index (χ0) is 25.8. The molecule has 1 aliphatic rings. The standard InChI is InChI=1S/C23H31FN4O5S2/c1-3-35(32,33)28(17-20-8-7-19(14-22(20)24)23(29)15-25)21-6-4-5-18(13-21)16-26-9-11-27(12-10-26)34(2,30)31/h4-8,13-14H,3,9-12,15-17,25H2,1-2H3. The van der Waals surface area contributed by atoms with E-state index in [1.54, 1.807) is 18.2 Å². The minimum atomic E-state index is -3.74. The fourth-order valence-corrected chi connectivity index (χ4v) is 5.82. The third-order valence-electron chi connectivity index (χ3n) is 5.98. The molecular weight excluding hydrogens is 495 g/mol. The second-order valence-corrected chi connectivity index (χ2v) is 12.6. The number of anilines is 1. The summed E-state index contributed by atoms with van der Waals surface area (Å²) in [7, 11) is -6.96. The van der Waals surface area contributed by atoms with Crippen molar-refractivity contribution in [2.75, 3.05) is 49.0 Å². The Kier molecular flexibility index (Phi) is 8.65. The molecule has 2 aromatic rings. The fraction of sp³-hybridized carbons (Fsp3) is 0.435. The van der Waals surface area contributed by atoms with Crippen molar-refractivity contribution >= 4 is 31.5 Å². The van der Waals surface area contributed by atoms with Crippen molar-refractivity contribution in [1.29, 1.82) is 0 Å². The maximum absolute atomic E-state index is 14.8. The number of nitrogens with zero attached hydrogens (tertiary/aromatic N) is 3. The van der Waals surface area contributed by atoms with Gasteiger partial charge in [0.25, 0.3) is 0 Å². The van der Waals surface area contributed by atoms with Crippen LogP contribution in [-0.4, -0.2) is 76.6 Å². The Morgan fingerprint density at radius 3 is 2.31 bits per heavy atom. The van der Waals surface area contributed by atoms with Gasteiger partial charge in [-0.3, -0.25) is 14.0 Å². The van der Waals surface area contributed by atoms with Crippen LogP contribution in [0.25, 0.3) is 0 Å². The third-order valence-corrected chi connectivity index (χ3v) is 9.02. The number of rotatable bonds is 10. The largest absolute Gasteiger partial charge is 0.324 e. The molecule has 192 valence electrons. The maximum Gasteiger partial charge on any atom is 0.235 e. The summed E-state index contributed by atoms with van der Waals surface area (Å²) in [5.41, 5.74) is 6.87. The van der Waals surface area contributed by atoms with Crippen LogP contribution in [0.1, 0.15) is 28.4 Å². The number of halogens is 1. The average molecular weight is 527 g/mol. The molecule has 0 aliphatic carbocycles. The molecule has 0 aromatic heterocycles. The van der Waals surface area contributed by atoms with Crippen LogP contribution in [0, 0.1) is 5.82 Å². The van der Waals surface area contributed by atoms with Crippen LogP contribution in [0.4, 0.5) is 10.1 Å². The summed E-state index contributed by atoms with van der Waals surface area (Å²) in [5, 5.41) is 0. The molecule has 1 fully saturated rings. The smallest absolute Gasteiger partial charge is 0.235 e. The number of nitrogens with two attached hydrogens (primary N) is 1. The van der Waals surface area contributed by atoms with E-state index in [4.69, 9.17) is 5.73 Å². The van der Waals surface area contributed by atoms with Gasteiger partial charge in [-0.05, 0) is 30.7 Å². The zero-order valence-corrected chi connectivity index (χ0v) is 21.5. The molecule has 1 aliphatic heterocycles. The third kappa shape index (κ3) is 6.85. The van der Waals surface area contributed by atoms with E-state index in [9.17, 15) is 26.0 Å². The van der Waals surface area contributed by atoms with Gasteiger partial charge in [0.05, 0.1) is 30.8 Å². The van der Waals surface area contributed by atoms with Gasteiger partial charge in [-0.25, -0.2) is 21.2 Å². The van der Waals surface area contributed by atoms with Crippen LogP contribution < -0.4 is 10.0 Å². The van der Waals surface area contributed by atoms with Crippen molar-refractivity contribution in [3.63, 3.8) is 0 Å². The normalized spacial score (nSPS) is 15.8. The number of piperazine rings is 1. The maximum atomic E-state index is 14.8. The molecule has 0 radical (unpaired) electrons. The van der Waals surface area contributed by atoms with Crippen molar-refractivity contribution in [2.24, 2.45) is 5.73 Å². The van der Waals surface area contributed by atoms with E-state index < -0.39 is 31.6 Å². The van der Waals surface area contributed by atoms with E-state index >= 15 is 0 Å². The van der Waals surface area contributed by atoms with E-state index in [0.717, 1.165) is 11.6 Å². The Morgan fingerprint density at radius 2 is 1.74 bits per heavy atom. The molecule has 0 bridgehead atoms. The summed E-state index contributed by atoms with van der Waals surface area (Å²) in [6.45, 7) is 3.50. The second kappa shape index (κ2) is 11.1. The first-order chi connectivity index (χ1) is 16.4. The molecule has 0 amide bonds. The van der Waals surface area contributed by atoms with E-state index in [1.807, 2.05) is 6.07 Å². The summed E-state index contributed by atoms with van der Waals surface area (Å²) in [4.78, 5) is 13.9. The van der Waals surface area contributed by atoms with Gasteiger partial charge < -0.3 is 5.73 Å². The van der Waals surface area contributed by atoms with Crippen molar-refractivity contribution in [1.82, 2.24) is 9.21 Å². The topological polar surface area (TPSA) is 121 Å². The number of hydrogen-bond donors (Lipinski definition) is 1. The predicted octanol–water partition coefficient (Wildman–Crippen LogP) is 1.40. The lowest BCUT2D eigenvalue weighted by atomic mass is 10.1. The highest BCUT2D eigenvalue weighted by Crippen LogP contribution is 2.25. The molecule has 1 heterocycles. The number of hydrogen-bond acceptors (Lipinski definition) is 7. The lowest BCUT2D eigenvalue weighted by Gasteiger charge is -2.33. The lowest BCUT2D eigenvalue weighted by molar-refractivity contribution is 0.100. The van der Waals surface area contributed by atoms with Crippen molar-refractivity contribution in [3.8, 4) is 0 Å². The molecule has 2 aromatic carbocycles. The molecule has 3 rings (SSSR count). The van der Waals surface area contributed by atoms with Crippen LogP contribution in [0.3, 0.4) is 0 Å². The summed E-state index contributed by atoms with van der Waals surface area (Å²) < 4.78 is 66.7. The number of carbonyl (C=O) groups excluding carboxylic acids is 1. The van der Waals surface area contributed by atoms with Crippen molar-refractivity contribution < 1.29 is 26.0 Å². The lowest BCUT2D eigenvalue weighted by Crippen LogP contribution is -2.47. The summed E-state index contributed by atoms with van der Waals surface area (Å²) >= 11 is 0. The number of benzene rings is 2. The van der Waals surface area contributed by atoms with Crippen LogP contribution >= 0.6 is 0 Å². The SMILES string of the molecule is CCS(=O)(=O)N(Cc1ccc(C(=O)CN)cc1F)c1cccc(CN2CCN(S(C)(=O)=O)CC2)c1. The highest BCUT2D eigenvalue weighted by molar-refractivity contribution is 7.92. The first-order valence-corrected chi connectivity index (χ1v) is 14.7. The van der Waals surface area contributed by atoms with Gasteiger partial charge in [0, 0.05) is 43.9 Å². The minimum absolute atomic E-state index is 0.136. The van der Waals surface area contributed by atoms with Crippen molar-refractivity contribution in [3.05, 3.63) is 65.0 Å². The summed E-state index contributed by atoms with van der Waals surface area (Å²) in [5.74, 6) is -1.25. The van der Waals surface area contributed by atoms with Crippen LogP contribution in [0.2, 0.25) is 0 Å². The number of Topliss-reactive ketones (excluding diaryl/α,β-unsaturated/α-hetero) is 1. The molecule has 9 nitrogen and oxygen atoms in total. The molecule has 2 N–H and O–H groups in total. The molecule has 0 atom stereocenters. The van der Waals surface area contributed by atoms with E-state index in [0.29, 0.717) is 38.4 Å². The van der Waals surface area contributed by atoms with Gasteiger partial charge in [-0.15, -0.1) is 0 Å². The average Bonchev–Trinajstić information content (AvgIpc) is 2.82. The quantitative estimate of drug-likeness (QED) is 0.465. The van der Waals surface area contributed by atoms with Gasteiger partial charge in [0.2, 0.25) is 20.0 Å². The van der Waals surface area contributed by atoms with Gasteiger partial charge in [-0.1, -0.05) is 24.3 Å². The van der Waals surface area contributed by atoms with Crippen LogP contribution in [0.15, 0.2) is 42.5 Å². The molecule has 0 spiro atoms. The van der Waals surface area contributed by atoms with Crippen LogP contribution in [0.5, 0.6) is 0 Å². The summed E-state index contributed by atoms with van der Waals surface area (Å²) in [6.07, 6.45) is 1.20. The molecule has 1 saturated heterocycles. The molecule has 0 saturated carbocycles. The number of sulfonamides is 2. The Morgan fingerprint density at radius 1 is 1.06 bits per heavy atom. The molecule has 12 heteroatoms. The number of ketones is 1. The Bertz CT molecular complexity index is 1280. The molecule has 0 unspecified atom stereocenters. The van der Waals surface area contributed by atoms with E-state index in [2.05, 4.69) is 4.90 Å². The minimum Gasteiger partial charge on any atom is -0.324 e. The van der Waals surface area contributed by atoms with E-state index in [1.165, 1.54) is 33.9 Å². The van der Waals surface area contributed by atoms with Gasteiger partial charge >= 0.3 is 0 Å². The Hall–Kier alpha value is -2.38. The van der Waals surface area contributed by atoms with Crippen LogP contribution in [-0.2, 0) is 33.1 Å². The van der Waals surface area contributed by atoms with Gasteiger partial charge in [-0.2, -0.15) is 4.31 Å². The molecular formula is C23H31FN4O5S2. The van der Waals surface area contributed by atoms with E-state index in [-0.39, 0.29) is 30.0 Å². The van der Waals surface area contributed by atoms with Crippen molar-refractivity contribution in [2.45, 2.75) is 20.0 Å². The second-order valence-electron chi connectivity index (χ2n) is 8.45. The predicted molar refractivity (Wildman–Crippen MR) is 134 cm³/mol. The fourth-order valence-electron chi connectivity index (χ4n) is 3.92. The zero-order valence-electron chi connectivity index (χ0n) is 19.9.